The van der Waals surface area contributed by atoms with Crippen LogP contribution in [0.3, 0.4) is 0 Å². The summed E-state index contributed by atoms with van der Waals surface area (Å²) in [5.74, 6) is -0.384. The predicted octanol–water partition coefficient (Wildman–Crippen LogP) is 4.29. The number of amides is 1. The molecule has 148 valence electrons. The fraction of sp³-hybridized carbons (Fsp3) is 0.850. The van der Waals surface area contributed by atoms with Crippen molar-refractivity contribution in [1.82, 2.24) is 4.90 Å². The summed E-state index contributed by atoms with van der Waals surface area (Å²) >= 11 is 0. The average molecular weight is 367 g/mol. The molecule has 0 bridgehead atoms. The molecule has 6 heteroatoms. The van der Waals surface area contributed by atoms with Crippen molar-refractivity contribution in [1.29, 1.82) is 5.26 Å². The summed E-state index contributed by atoms with van der Waals surface area (Å²) in [5, 5.41) is 8.69. The van der Waals surface area contributed by atoms with Gasteiger partial charge in [-0.15, -0.1) is 0 Å². The van der Waals surface area contributed by atoms with Gasteiger partial charge >= 0.3 is 12.1 Å². The van der Waals surface area contributed by atoms with Gasteiger partial charge in [0.2, 0.25) is 0 Å². The molecule has 1 heterocycles. The zero-order valence-electron chi connectivity index (χ0n) is 17.1. The Kier molecular flexibility index (Phi) is 7.92. The number of likely N-dealkylation sites (tertiary alicyclic amines) is 1. The van der Waals surface area contributed by atoms with E-state index in [-0.39, 0.29) is 23.9 Å². The Morgan fingerprint density at radius 3 is 2.27 bits per heavy atom. The van der Waals surface area contributed by atoms with Crippen LogP contribution in [0.2, 0.25) is 0 Å². The van der Waals surface area contributed by atoms with E-state index in [0.717, 1.165) is 19.3 Å². The number of esters is 1. The summed E-state index contributed by atoms with van der Waals surface area (Å²) in [6.07, 6.45) is 3.20. The number of ether oxygens (including phenoxy) is 2. The van der Waals surface area contributed by atoms with E-state index in [1.165, 1.54) is 0 Å². The summed E-state index contributed by atoms with van der Waals surface area (Å²) in [6, 6.07) is 2.14. The largest absolute Gasteiger partial charge is 0.460 e. The van der Waals surface area contributed by atoms with Gasteiger partial charge in [-0.1, -0.05) is 6.42 Å². The van der Waals surface area contributed by atoms with Gasteiger partial charge in [0.1, 0.15) is 11.2 Å². The van der Waals surface area contributed by atoms with E-state index in [4.69, 9.17) is 14.7 Å². The fourth-order valence-electron chi connectivity index (χ4n) is 3.10. The lowest BCUT2D eigenvalue weighted by Crippen LogP contribution is -2.37. The first-order chi connectivity index (χ1) is 11.9. The highest BCUT2D eigenvalue weighted by atomic mass is 16.6. The molecule has 0 N–H and O–H groups in total. The van der Waals surface area contributed by atoms with Gasteiger partial charge in [-0.3, -0.25) is 4.79 Å². The highest BCUT2D eigenvalue weighted by Gasteiger charge is 2.38. The van der Waals surface area contributed by atoms with Crippen LogP contribution in [-0.2, 0) is 14.3 Å². The molecule has 1 saturated heterocycles. The van der Waals surface area contributed by atoms with Crippen molar-refractivity contribution in [3.8, 4) is 6.07 Å². The van der Waals surface area contributed by atoms with Crippen LogP contribution < -0.4 is 0 Å². The fourth-order valence-corrected chi connectivity index (χ4v) is 3.10. The zero-order chi connectivity index (χ0) is 20.0. The Bertz CT molecular complexity index is 525. The van der Waals surface area contributed by atoms with Crippen LogP contribution in [0.4, 0.5) is 4.79 Å². The van der Waals surface area contributed by atoms with E-state index in [9.17, 15) is 9.59 Å². The maximum atomic E-state index is 12.7. The number of hydrogen-bond acceptors (Lipinski definition) is 5. The van der Waals surface area contributed by atoms with Gasteiger partial charge in [-0.05, 0) is 66.7 Å². The first-order valence-electron chi connectivity index (χ1n) is 9.50. The Morgan fingerprint density at radius 1 is 1.12 bits per heavy atom. The molecule has 0 aromatic rings. The van der Waals surface area contributed by atoms with Crippen LogP contribution >= 0.6 is 0 Å². The molecule has 1 amide bonds. The molecule has 2 atom stereocenters. The number of hydrogen-bond donors (Lipinski definition) is 0. The molecule has 0 aliphatic carbocycles. The van der Waals surface area contributed by atoms with Crippen molar-refractivity contribution in [3.05, 3.63) is 0 Å². The van der Waals surface area contributed by atoms with Crippen molar-refractivity contribution in [2.75, 3.05) is 13.1 Å². The van der Waals surface area contributed by atoms with Gasteiger partial charge in [0, 0.05) is 19.5 Å². The van der Waals surface area contributed by atoms with Crippen LogP contribution in [0.25, 0.3) is 0 Å². The molecule has 1 rings (SSSR count). The van der Waals surface area contributed by atoms with E-state index >= 15 is 0 Å². The minimum Gasteiger partial charge on any atom is -0.460 e. The molecular formula is C20H34N2O4. The maximum Gasteiger partial charge on any atom is 0.410 e. The zero-order valence-corrected chi connectivity index (χ0v) is 17.1. The van der Waals surface area contributed by atoms with E-state index in [0.29, 0.717) is 25.9 Å². The van der Waals surface area contributed by atoms with Crippen LogP contribution in [0, 0.1) is 23.2 Å². The second-order valence-corrected chi connectivity index (χ2v) is 9.02. The monoisotopic (exact) mass is 366 g/mol. The molecule has 1 aliphatic heterocycles. The first kappa shape index (κ1) is 22.3. The van der Waals surface area contributed by atoms with Gasteiger partial charge < -0.3 is 14.4 Å². The lowest BCUT2D eigenvalue weighted by molar-refractivity contribution is -0.162. The smallest absolute Gasteiger partial charge is 0.410 e. The van der Waals surface area contributed by atoms with Crippen molar-refractivity contribution < 1.29 is 19.1 Å². The number of carbonyl (C=O) groups excluding carboxylic acids is 2. The summed E-state index contributed by atoms with van der Waals surface area (Å²) < 4.78 is 11.0. The number of nitriles is 1. The van der Waals surface area contributed by atoms with Crippen LogP contribution in [0.1, 0.15) is 73.6 Å². The molecule has 0 unspecified atom stereocenters. The minimum atomic E-state index is -0.536. The normalized spacial score (nSPS) is 19.0. The standard InChI is InChI=1S/C20H34N2O4/c1-19(2,3)25-17(23)16(10-8-7-9-12-21)15-11-13-22(14-15)18(24)26-20(4,5)6/h15-16H,7-11,13-14H2,1-6H3/t15-,16-/m0/s1. The first-order valence-corrected chi connectivity index (χ1v) is 9.50. The van der Waals surface area contributed by atoms with Crippen molar-refractivity contribution in [3.63, 3.8) is 0 Å². The van der Waals surface area contributed by atoms with Crippen molar-refractivity contribution in [2.45, 2.75) is 84.8 Å². The Balaban J connectivity index is 2.73. The van der Waals surface area contributed by atoms with E-state index < -0.39 is 11.2 Å². The molecule has 0 radical (unpaired) electrons. The van der Waals surface area contributed by atoms with Gasteiger partial charge in [0.05, 0.1) is 12.0 Å². The number of unbranched alkanes of at least 4 members (excludes halogenated alkanes) is 2. The van der Waals surface area contributed by atoms with Crippen LogP contribution in [-0.4, -0.2) is 41.3 Å². The molecule has 26 heavy (non-hydrogen) atoms. The second-order valence-electron chi connectivity index (χ2n) is 9.02. The summed E-state index contributed by atoms with van der Waals surface area (Å²) in [6.45, 7) is 12.2. The average Bonchev–Trinajstić information content (AvgIpc) is 2.93. The number of carbonyl (C=O) groups is 2. The molecular weight excluding hydrogens is 332 g/mol. The minimum absolute atomic E-state index is 0.0689. The molecule has 0 spiro atoms. The third-order valence-electron chi connectivity index (χ3n) is 4.21. The molecule has 1 aliphatic rings. The Morgan fingerprint density at radius 2 is 1.73 bits per heavy atom. The molecule has 0 aromatic carbocycles. The van der Waals surface area contributed by atoms with Crippen molar-refractivity contribution >= 4 is 12.1 Å². The summed E-state index contributed by atoms with van der Waals surface area (Å²) in [4.78, 5) is 26.7. The predicted molar refractivity (Wildman–Crippen MR) is 99.3 cm³/mol. The van der Waals surface area contributed by atoms with Gasteiger partial charge in [0.15, 0.2) is 0 Å². The van der Waals surface area contributed by atoms with Crippen LogP contribution in [0.15, 0.2) is 0 Å². The highest BCUT2D eigenvalue weighted by molar-refractivity contribution is 5.74. The van der Waals surface area contributed by atoms with Gasteiger partial charge in [0.25, 0.3) is 0 Å². The quantitative estimate of drug-likeness (QED) is 0.517. The lowest BCUT2D eigenvalue weighted by atomic mass is 9.87. The number of nitrogens with zero attached hydrogens (tertiary/aromatic N) is 2. The van der Waals surface area contributed by atoms with Crippen molar-refractivity contribution in [2.24, 2.45) is 11.8 Å². The van der Waals surface area contributed by atoms with E-state index in [1.807, 2.05) is 41.5 Å². The number of rotatable bonds is 6. The lowest BCUT2D eigenvalue weighted by Gasteiger charge is -2.28. The Hall–Kier alpha value is -1.77. The molecule has 0 aromatic heterocycles. The highest BCUT2D eigenvalue weighted by Crippen LogP contribution is 2.31. The Labute approximate surface area is 157 Å². The van der Waals surface area contributed by atoms with E-state index in [2.05, 4.69) is 6.07 Å². The van der Waals surface area contributed by atoms with Gasteiger partial charge in [-0.2, -0.15) is 5.26 Å². The van der Waals surface area contributed by atoms with Gasteiger partial charge in [-0.25, -0.2) is 4.79 Å². The summed E-state index contributed by atoms with van der Waals surface area (Å²) in [7, 11) is 0. The molecule has 1 fully saturated rings. The third kappa shape index (κ3) is 8.07. The topological polar surface area (TPSA) is 79.6 Å². The SMILES string of the molecule is CC(C)(C)OC(=O)[C@@H](CCCCC#N)[C@H]1CCN(C(=O)OC(C)(C)C)C1. The second kappa shape index (κ2) is 9.25. The molecule has 0 saturated carbocycles. The summed E-state index contributed by atoms with van der Waals surface area (Å²) in [5.41, 5.74) is -1.07. The maximum absolute atomic E-state index is 12.7. The third-order valence-corrected chi connectivity index (χ3v) is 4.21. The van der Waals surface area contributed by atoms with E-state index in [1.54, 1.807) is 4.90 Å². The molecule has 6 nitrogen and oxygen atoms in total. The van der Waals surface area contributed by atoms with Crippen LogP contribution in [0.5, 0.6) is 0 Å².